The van der Waals surface area contributed by atoms with Gasteiger partial charge in [0, 0.05) is 26.5 Å². The Morgan fingerprint density at radius 2 is 0.853 bits per heavy atom. The number of hydrogen-bond donors (Lipinski definition) is 1. The van der Waals surface area contributed by atoms with Gasteiger partial charge < -0.3 is 5.11 Å². The Morgan fingerprint density at radius 1 is 0.426 bits per heavy atom. The molecule has 5 heteroatoms. The van der Waals surface area contributed by atoms with Gasteiger partial charge in [0.05, 0.1) is 16.6 Å². The van der Waals surface area contributed by atoms with Gasteiger partial charge in [0.2, 0.25) is 0 Å². The van der Waals surface area contributed by atoms with E-state index in [1.807, 2.05) is 42.5 Å². The average molecular weight is 1050 g/mol. The van der Waals surface area contributed by atoms with Crippen LogP contribution >= 0.6 is 0 Å². The number of para-hydroxylation sites is 3. The fourth-order valence-electron chi connectivity index (χ4n) is 9.11. The number of aryl methyl sites for hydroxylation is 1. The van der Waals surface area contributed by atoms with Crippen LogP contribution in [0.15, 0.2) is 224 Å². The van der Waals surface area contributed by atoms with E-state index in [1.165, 1.54) is 0 Å². The normalized spacial score (nSPS) is 11.1. The van der Waals surface area contributed by atoms with E-state index in [-0.39, 0.29) is 38.1 Å². The minimum Gasteiger partial charge on any atom is -0.507 e. The van der Waals surface area contributed by atoms with Crippen LogP contribution in [0, 0.1) is 12.1 Å². The SMILES string of the molecule is O=C(CCc1ccccc1-c1cc(-c2ccccc2-c2c[c-]c(-c3ccc4ccccc4n3)cc2)cc(-c2ccccc2-c2c[c-]c(-c3ccc4ccccc4n3)cc2)c1)c1ccccc1O.[Ir]. The first kappa shape index (κ1) is 43.8. The van der Waals surface area contributed by atoms with Crippen molar-refractivity contribution in [2.45, 2.75) is 12.8 Å². The number of fused-ring (bicyclic) bond motifs is 2. The molecule has 68 heavy (non-hydrogen) atoms. The molecule has 2 heterocycles. The average Bonchev–Trinajstić information content (AvgIpc) is 3.40. The predicted octanol–water partition coefficient (Wildman–Crippen LogP) is 15.6. The van der Waals surface area contributed by atoms with Crippen molar-refractivity contribution in [3.63, 3.8) is 0 Å². The van der Waals surface area contributed by atoms with Gasteiger partial charge in [-0.2, -0.15) is 0 Å². The summed E-state index contributed by atoms with van der Waals surface area (Å²) in [6.07, 6.45) is 0.772. The van der Waals surface area contributed by atoms with Crippen molar-refractivity contribution in [2.24, 2.45) is 0 Å². The van der Waals surface area contributed by atoms with E-state index in [0.717, 1.165) is 106 Å². The fraction of sp³-hybridized carbons (Fsp3) is 0.0317. The molecule has 0 aliphatic carbocycles. The third-order valence-electron chi connectivity index (χ3n) is 12.6. The smallest absolute Gasteiger partial charge is 0.166 e. The summed E-state index contributed by atoms with van der Waals surface area (Å²) in [6, 6.07) is 83.4. The fourth-order valence-corrected chi connectivity index (χ4v) is 9.11. The Kier molecular flexibility index (Phi) is 12.5. The summed E-state index contributed by atoms with van der Waals surface area (Å²) in [5.41, 5.74) is 17.6. The largest absolute Gasteiger partial charge is 0.507 e. The number of benzene rings is 9. The van der Waals surface area contributed by atoms with Gasteiger partial charge in [-0.05, 0) is 110 Å². The number of carbonyl (C=O) groups is 1. The first-order chi connectivity index (χ1) is 33.0. The summed E-state index contributed by atoms with van der Waals surface area (Å²) in [7, 11) is 0. The third-order valence-corrected chi connectivity index (χ3v) is 12.6. The summed E-state index contributed by atoms with van der Waals surface area (Å²) >= 11 is 0. The molecule has 0 aliphatic rings. The van der Waals surface area contributed by atoms with Crippen molar-refractivity contribution in [2.75, 3.05) is 0 Å². The Morgan fingerprint density at radius 3 is 1.35 bits per heavy atom. The van der Waals surface area contributed by atoms with Crippen molar-refractivity contribution in [3.8, 4) is 83.9 Å². The van der Waals surface area contributed by atoms with Crippen molar-refractivity contribution in [1.29, 1.82) is 0 Å². The van der Waals surface area contributed by atoms with E-state index in [2.05, 4.69) is 170 Å². The summed E-state index contributed by atoms with van der Waals surface area (Å²) in [6.45, 7) is 0. The molecule has 0 amide bonds. The van der Waals surface area contributed by atoms with E-state index in [4.69, 9.17) is 9.97 Å². The Labute approximate surface area is 409 Å². The number of aromatic nitrogens is 2. The quantitative estimate of drug-likeness (QED) is 0.104. The van der Waals surface area contributed by atoms with Crippen molar-refractivity contribution in [3.05, 3.63) is 248 Å². The zero-order valence-electron chi connectivity index (χ0n) is 36.9. The molecule has 0 saturated carbocycles. The van der Waals surface area contributed by atoms with Crippen LogP contribution in [0.3, 0.4) is 0 Å². The number of hydrogen-bond acceptors (Lipinski definition) is 4. The van der Waals surface area contributed by atoms with Gasteiger partial charge in [-0.25, -0.2) is 0 Å². The molecule has 0 aliphatic heterocycles. The van der Waals surface area contributed by atoms with E-state index in [9.17, 15) is 9.90 Å². The number of aromatic hydroxyl groups is 1. The molecule has 1 radical (unpaired) electrons. The second kappa shape index (κ2) is 19.4. The van der Waals surface area contributed by atoms with Crippen LogP contribution in [0.4, 0.5) is 0 Å². The Balaban J connectivity index is 0.00000539. The molecular formula is C63H42IrN2O2-2. The monoisotopic (exact) mass is 1050 g/mol. The van der Waals surface area contributed by atoms with Crippen LogP contribution in [0.25, 0.3) is 100.0 Å². The number of rotatable bonds is 11. The molecule has 0 saturated heterocycles. The zero-order valence-corrected chi connectivity index (χ0v) is 39.3. The zero-order chi connectivity index (χ0) is 45.1. The van der Waals surface area contributed by atoms with E-state index >= 15 is 0 Å². The molecular weight excluding hydrogens is 1010 g/mol. The molecule has 11 aromatic rings. The first-order valence-corrected chi connectivity index (χ1v) is 22.5. The van der Waals surface area contributed by atoms with Gasteiger partial charge >= 0.3 is 0 Å². The van der Waals surface area contributed by atoms with Gasteiger partial charge in [-0.1, -0.05) is 168 Å². The molecule has 0 fully saturated rings. The van der Waals surface area contributed by atoms with E-state index in [1.54, 1.807) is 24.3 Å². The van der Waals surface area contributed by atoms with Crippen molar-refractivity contribution in [1.82, 2.24) is 9.97 Å². The van der Waals surface area contributed by atoms with Crippen LogP contribution in [-0.2, 0) is 26.5 Å². The summed E-state index contributed by atoms with van der Waals surface area (Å²) in [4.78, 5) is 23.3. The van der Waals surface area contributed by atoms with Crippen LogP contribution in [0.5, 0.6) is 5.75 Å². The number of ketones is 1. The molecule has 0 atom stereocenters. The molecule has 0 unspecified atom stereocenters. The topological polar surface area (TPSA) is 63.1 Å². The van der Waals surface area contributed by atoms with Crippen LogP contribution in [0.2, 0.25) is 0 Å². The number of pyridine rings is 2. The maximum absolute atomic E-state index is 13.4. The number of phenolic OH excluding ortho intramolecular Hbond substituents is 1. The van der Waals surface area contributed by atoms with Crippen molar-refractivity contribution >= 4 is 27.6 Å². The molecule has 9 aromatic carbocycles. The maximum atomic E-state index is 13.4. The number of nitrogens with zero attached hydrogens (tertiary/aromatic N) is 2. The summed E-state index contributed by atoms with van der Waals surface area (Å²) < 4.78 is 0. The number of carbonyl (C=O) groups excluding carboxylic acids is 1. The number of Topliss-reactive ketones (excluding diaryl/α,β-unsaturated/α-hetero) is 1. The van der Waals surface area contributed by atoms with Crippen molar-refractivity contribution < 1.29 is 30.0 Å². The Hall–Kier alpha value is -8.08. The second-order valence-corrected chi connectivity index (χ2v) is 16.7. The van der Waals surface area contributed by atoms with Gasteiger partial charge in [-0.15, -0.1) is 59.7 Å². The molecule has 0 bridgehead atoms. The predicted molar refractivity (Wildman–Crippen MR) is 274 cm³/mol. The van der Waals surface area contributed by atoms with Gasteiger partial charge in [-0.3, -0.25) is 14.8 Å². The molecule has 11 rings (SSSR count). The van der Waals surface area contributed by atoms with Gasteiger partial charge in [0.1, 0.15) is 5.75 Å². The molecule has 1 N–H and O–H groups in total. The van der Waals surface area contributed by atoms with E-state index in [0.29, 0.717) is 12.0 Å². The minimum absolute atomic E-state index is 0. The molecule has 2 aromatic heterocycles. The van der Waals surface area contributed by atoms with Crippen LogP contribution < -0.4 is 0 Å². The second-order valence-electron chi connectivity index (χ2n) is 16.7. The number of phenols is 1. The minimum atomic E-state index is -0.0939. The van der Waals surface area contributed by atoms with Crippen LogP contribution in [-0.4, -0.2) is 20.9 Å². The molecule has 0 spiro atoms. The van der Waals surface area contributed by atoms with Gasteiger partial charge in [0.25, 0.3) is 0 Å². The maximum Gasteiger partial charge on any atom is 0.166 e. The van der Waals surface area contributed by atoms with Gasteiger partial charge in [0.15, 0.2) is 5.78 Å². The third kappa shape index (κ3) is 8.93. The standard InChI is InChI=1S/C63H42N2O2.Ir/c66-62-24-12-9-21-57(62)63(67)38-35-42-13-1-4-16-52(42)49-39-50(55-19-7-5-17-53(55)43-25-29-47(30-26-43)60-36-33-45-14-2-10-22-58(45)64-60)41-51(40-49)56-20-8-6-18-54(56)44-27-31-48(32-28-44)61-37-34-46-15-3-11-23-59(46)65-61;/h1-29,31,33-34,36-37,39-41,66H,35,38H2;/q-2;. The first-order valence-electron chi connectivity index (χ1n) is 22.5. The summed E-state index contributed by atoms with van der Waals surface area (Å²) in [5, 5.41) is 12.7. The Bertz CT molecular complexity index is 3430. The summed E-state index contributed by atoms with van der Waals surface area (Å²) in [5.74, 6) is -0.0886. The van der Waals surface area contributed by atoms with E-state index < -0.39 is 0 Å². The molecule has 327 valence electrons. The molecule has 4 nitrogen and oxygen atoms in total. The van der Waals surface area contributed by atoms with Crippen LogP contribution in [0.1, 0.15) is 22.3 Å².